The fourth-order valence-electron chi connectivity index (χ4n) is 4.08. The third kappa shape index (κ3) is 4.76. The lowest BCUT2D eigenvalue weighted by molar-refractivity contribution is -0.133. The second-order valence-electron chi connectivity index (χ2n) is 8.04. The van der Waals surface area contributed by atoms with Crippen LogP contribution >= 0.6 is 0 Å². The van der Waals surface area contributed by atoms with Crippen LogP contribution in [0.15, 0.2) is 42.7 Å². The summed E-state index contributed by atoms with van der Waals surface area (Å²) in [6, 6.07) is 10.4. The highest BCUT2D eigenvalue weighted by molar-refractivity contribution is 5.76. The number of nitrogens with zero attached hydrogens (tertiary/aromatic N) is 5. The molecule has 0 unspecified atom stereocenters. The van der Waals surface area contributed by atoms with Gasteiger partial charge in [0.25, 0.3) is 0 Å². The van der Waals surface area contributed by atoms with Crippen LogP contribution in [0, 0.1) is 6.92 Å². The van der Waals surface area contributed by atoms with Crippen LogP contribution in [0.3, 0.4) is 0 Å². The molecule has 0 N–H and O–H groups in total. The minimum Gasteiger partial charge on any atom is -0.494 e. The van der Waals surface area contributed by atoms with Gasteiger partial charge in [-0.15, -0.1) is 0 Å². The summed E-state index contributed by atoms with van der Waals surface area (Å²) in [5.41, 5.74) is 4.28. The molecule has 1 aliphatic heterocycles. The van der Waals surface area contributed by atoms with E-state index in [-0.39, 0.29) is 18.4 Å². The molecule has 7 nitrogen and oxygen atoms in total. The van der Waals surface area contributed by atoms with Gasteiger partial charge in [0.2, 0.25) is 5.91 Å². The maximum atomic E-state index is 13.0. The van der Waals surface area contributed by atoms with Crippen molar-refractivity contribution in [3.05, 3.63) is 59.8 Å². The number of methoxy groups -OCH3 is 1. The molecule has 4 rings (SSSR count). The summed E-state index contributed by atoms with van der Waals surface area (Å²) < 4.78 is 6.99. The number of amides is 1. The summed E-state index contributed by atoms with van der Waals surface area (Å²) in [5, 5.41) is 4.74. The lowest BCUT2D eigenvalue weighted by atomic mass is 9.96. The van der Waals surface area contributed by atoms with E-state index in [0.29, 0.717) is 18.8 Å². The molecule has 3 aromatic rings. The molecule has 0 saturated carbocycles. The molecule has 1 fully saturated rings. The average molecular weight is 420 g/mol. The number of rotatable bonds is 6. The predicted molar refractivity (Wildman–Crippen MR) is 119 cm³/mol. The Labute approximate surface area is 183 Å². The minimum atomic E-state index is 0.114. The van der Waals surface area contributed by atoms with Crippen molar-refractivity contribution in [2.75, 3.05) is 20.2 Å². The zero-order valence-electron chi connectivity index (χ0n) is 18.4. The van der Waals surface area contributed by atoms with Gasteiger partial charge >= 0.3 is 0 Å². The molecule has 7 heteroatoms. The summed E-state index contributed by atoms with van der Waals surface area (Å²) in [4.78, 5) is 23.8. The Morgan fingerprint density at radius 3 is 2.55 bits per heavy atom. The molecule has 162 valence electrons. The summed E-state index contributed by atoms with van der Waals surface area (Å²) in [7, 11) is 1.61. The average Bonchev–Trinajstić information content (AvgIpc) is 3.22. The van der Waals surface area contributed by atoms with E-state index in [9.17, 15) is 4.79 Å². The van der Waals surface area contributed by atoms with Crippen LogP contribution < -0.4 is 4.74 Å². The van der Waals surface area contributed by atoms with Crippen LogP contribution in [0.4, 0.5) is 0 Å². The molecular formula is C24H29N5O2. The quantitative estimate of drug-likeness (QED) is 0.610. The smallest absolute Gasteiger partial charge is 0.244 e. The van der Waals surface area contributed by atoms with Crippen molar-refractivity contribution in [2.24, 2.45) is 0 Å². The highest BCUT2D eigenvalue weighted by Crippen LogP contribution is 2.26. The first-order valence-corrected chi connectivity index (χ1v) is 10.8. The standard InChI is InChI=1S/C24H29N5O2/c1-4-20-13-22(19-7-5-6-17(2)12-19)27-29(20)16-23(30)28-10-8-18(9-11-28)24-25-14-21(31-3)15-26-24/h5-7,12-15,18H,4,8-11,16H2,1-3H3. The van der Waals surface area contributed by atoms with Gasteiger partial charge in [-0.25, -0.2) is 9.97 Å². The highest BCUT2D eigenvalue weighted by Gasteiger charge is 2.26. The molecule has 2 aromatic heterocycles. The van der Waals surface area contributed by atoms with Crippen molar-refractivity contribution in [2.45, 2.75) is 45.6 Å². The Hall–Kier alpha value is -3.22. The molecule has 1 aliphatic rings. The molecule has 0 aliphatic carbocycles. The number of likely N-dealkylation sites (tertiary alicyclic amines) is 1. The van der Waals surface area contributed by atoms with Crippen LogP contribution in [-0.4, -0.2) is 50.8 Å². The third-order valence-corrected chi connectivity index (χ3v) is 5.92. The molecule has 31 heavy (non-hydrogen) atoms. The largest absolute Gasteiger partial charge is 0.494 e. The van der Waals surface area contributed by atoms with E-state index in [1.54, 1.807) is 19.5 Å². The van der Waals surface area contributed by atoms with Crippen LogP contribution in [-0.2, 0) is 17.8 Å². The summed E-state index contributed by atoms with van der Waals surface area (Å²) in [5.74, 6) is 1.88. The predicted octanol–water partition coefficient (Wildman–Crippen LogP) is 3.63. The molecular weight excluding hydrogens is 390 g/mol. The Balaban J connectivity index is 1.39. The van der Waals surface area contributed by atoms with E-state index in [4.69, 9.17) is 9.84 Å². The fraction of sp³-hybridized carbons (Fsp3) is 0.417. The van der Waals surface area contributed by atoms with E-state index < -0.39 is 0 Å². The van der Waals surface area contributed by atoms with E-state index in [1.165, 1.54) is 5.56 Å². The van der Waals surface area contributed by atoms with Crippen molar-refractivity contribution >= 4 is 5.91 Å². The minimum absolute atomic E-state index is 0.114. The van der Waals surface area contributed by atoms with E-state index in [2.05, 4.69) is 48.1 Å². The number of aromatic nitrogens is 4. The monoisotopic (exact) mass is 419 g/mol. The van der Waals surface area contributed by atoms with Crippen molar-refractivity contribution < 1.29 is 9.53 Å². The number of aryl methyl sites for hydroxylation is 2. The van der Waals surface area contributed by atoms with Gasteiger partial charge in [0.05, 0.1) is 25.2 Å². The molecule has 1 saturated heterocycles. The van der Waals surface area contributed by atoms with Gasteiger partial charge in [-0.05, 0) is 38.3 Å². The first-order chi connectivity index (χ1) is 15.1. The molecule has 3 heterocycles. The molecule has 1 amide bonds. The maximum Gasteiger partial charge on any atom is 0.244 e. The van der Waals surface area contributed by atoms with Crippen LogP contribution in [0.25, 0.3) is 11.3 Å². The van der Waals surface area contributed by atoms with Crippen LogP contribution in [0.1, 0.15) is 42.8 Å². The summed E-state index contributed by atoms with van der Waals surface area (Å²) in [6.45, 7) is 5.88. The number of hydrogen-bond acceptors (Lipinski definition) is 5. The van der Waals surface area contributed by atoms with E-state index in [0.717, 1.165) is 42.0 Å². The number of carbonyl (C=O) groups excluding carboxylic acids is 1. The van der Waals surface area contributed by atoms with E-state index >= 15 is 0 Å². The van der Waals surface area contributed by atoms with Gasteiger partial charge in [0.1, 0.15) is 12.4 Å². The number of piperidine rings is 1. The van der Waals surface area contributed by atoms with Crippen molar-refractivity contribution in [1.29, 1.82) is 0 Å². The second-order valence-corrected chi connectivity index (χ2v) is 8.04. The highest BCUT2D eigenvalue weighted by atomic mass is 16.5. The maximum absolute atomic E-state index is 13.0. The Kier molecular flexibility index (Phi) is 6.30. The molecule has 0 radical (unpaired) electrons. The topological polar surface area (TPSA) is 73.1 Å². The molecule has 0 bridgehead atoms. The van der Waals surface area contributed by atoms with Crippen LogP contribution in [0.2, 0.25) is 0 Å². The lowest BCUT2D eigenvalue weighted by Crippen LogP contribution is -2.40. The summed E-state index contributed by atoms with van der Waals surface area (Å²) >= 11 is 0. The number of ether oxygens (including phenoxy) is 1. The number of hydrogen-bond donors (Lipinski definition) is 0. The number of carbonyl (C=O) groups is 1. The normalized spacial score (nSPS) is 14.6. The SMILES string of the molecule is CCc1cc(-c2cccc(C)c2)nn1CC(=O)N1CCC(c2ncc(OC)cn2)CC1. The molecule has 0 spiro atoms. The van der Waals surface area contributed by atoms with Gasteiger partial charge < -0.3 is 9.64 Å². The van der Waals surface area contributed by atoms with Gasteiger partial charge in [0.15, 0.2) is 5.75 Å². The van der Waals surface area contributed by atoms with Crippen LogP contribution in [0.5, 0.6) is 5.75 Å². The second kappa shape index (κ2) is 9.29. The molecule has 0 atom stereocenters. The van der Waals surface area contributed by atoms with Crippen molar-refractivity contribution in [3.63, 3.8) is 0 Å². The first kappa shape index (κ1) is 21.0. The van der Waals surface area contributed by atoms with Crippen molar-refractivity contribution in [3.8, 4) is 17.0 Å². The lowest BCUT2D eigenvalue weighted by Gasteiger charge is -2.31. The third-order valence-electron chi connectivity index (χ3n) is 5.92. The van der Waals surface area contributed by atoms with Gasteiger partial charge in [-0.1, -0.05) is 30.7 Å². The zero-order valence-corrected chi connectivity index (χ0v) is 18.4. The Morgan fingerprint density at radius 1 is 1.16 bits per heavy atom. The zero-order chi connectivity index (χ0) is 21.8. The first-order valence-electron chi connectivity index (χ1n) is 10.8. The Morgan fingerprint density at radius 2 is 1.90 bits per heavy atom. The Bertz CT molecular complexity index is 1040. The van der Waals surface area contributed by atoms with Gasteiger partial charge in [-0.2, -0.15) is 5.10 Å². The number of benzene rings is 1. The molecule has 1 aromatic carbocycles. The van der Waals surface area contributed by atoms with Crippen molar-refractivity contribution in [1.82, 2.24) is 24.6 Å². The van der Waals surface area contributed by atoms with Gasteiger partial charge in [0, 0.05) is 30.3 Å². The fourth-order valence-corrected chi connectivity index (χ4v) is 4.08. The summed E-state index contributed by atoms with van der Waals surface area (Å²) in [6.07, 6.45) is 5.98. The van der Waals surface area contributed by atoms with Gasteiger partial charge in [-0.3, -0.25) is 9.48 Å². The van der Waals surface area contributed by atoms with E-state index in [1.807, 2.05) is 15.6 Å².